The number of amides is 1. The Bertz CT molecular complexity index is 635. The van der Waals surface area contributed by atoms with Crippen molar-refractivity contribution >= 4 is 17.2 Å². The minimum Gasteiger partial charge on any atom is -0.350 e. The van der Waals surface area contributed by atoms with Gasteiger partial charge in [-0.1, -0.05) is 31.2 Å². The van der Waals surface area contributed by atoms with Crippen molar-refractivity contribution in [3.05, 3.63) is 57.3 Å². The lowest BCUT2D eigenvalue weighted by Gasteiger charge is -2.25. The number of carbonyl (C=O) groups excluding carboxylic acids is 1. The highest BCUT2D eigenvalue weighted by atomic mass is 32.1. The molecule has 1 aromatic heterocycles. The van der Waals surface area contributed by atoms with Gasteiger partial charge in [-0.15, -0.1) is 11.3 Å². The highest BCUT2D eigenvalue weighted by molar-refractivity contribution is 7.11. The Labute approximate surface area is 129 Å². The van der Waals surface area contributed by atoms with E-state index < -0.39 is 0 Å². The largest absolute Gasteiger partial charge is 0.350 e. The zero-order chi connectivity index (χ0) is 14.7. The first-order valence-electron chi connectivity index (χ1n) is 7.41. The lowest BCUT2D eigenvalue weighted by molar-refractivity contribution is -0.123. The van der Waals surface area contributed by atoms with E-state index in [0.717, 1.165) is 19.4 Å². The van der Waals surface area contributed by atoms with Crippen LogP contribution in [0.25, 0.3) is 0 Å². The molecule has 0 saturated carbocycles. The van der Waals surface area contributed by atoms with E-state index in [1.807, 2.05) is 12.1 Å². The van der Waals surface area contributed by atoms with Crippen molar-refractivity contribution in [1.82, 2.24) is 10.6 Å². The van der Waals surface area contributed by atoms with Crippen molar-refractivity contribution in [2.75, 3.05) is 0 Å². The quantitative estimate of drug-likeness (QED) is 0.911. The molecular weight excluding hydrogens is 280 g/mol. The van der Waals surface area contributed by atoms with Gasteiger partial charge in [-0.2, -0.15) is 0 Å². The Kier molecular flexibility index (Phi) is 4.36. The molecule has 0 bridgehead atoms. The summed E-state index contributed by atoms with van der Waals surface area (Å²) in [5, 5.41) is 6.36. The molecule has 2 heterocycles. The predicted molar refractivity (Wildman–Crippen MR) is 86.3 cm³/mol. The first-order valence-corrected chi connectivity index (χ1v) is 8.23. The van der Waals surface area contributed by atoms with Crippen molar-refractivity contribution in [1.29, 1.82) is 0 Å². The summed E-state index contributed by atoms with van der Waals surface area (Å²) in [7, 11) is 0. The molecule has 21 heavy (non-hydrogen) atoms. The lowest BCUT2D eigenvalue weighted by atomic mass is 9.95. The van der Waals surface area contributed by atoms with E-state index in [0.29, 0.717) is 6.54 Å². The first-order chi connectivity index (χ1) is 10.3. The summed E-state index contributed by atoms with van der Waals surface area (Å²) in [5.74, 6) is 0.0935. The molecular formula is C17H20N2OS. The second-order valence-corrected chi connectivity index (χ2v) is 6.60. The Balaban J connectivity index is 1.57. The molecule has 0 radical (unpaired) electrons. The minimum atomic E-state index is -0.120. The standard InChI is InChI=1S/C17H20N2OS/c1-2-14-7-8-15(21-14)11-19-17(20)16-9-12-5-3-4-6-13(12)10-18-16/h3-8,16,18H,2,9-11H2,1H3,(H,19,20)/t16-/m0/s1. The molecule has 1 amide bonds. The van der Waals surface area contributed by atoms with Crippen molar-refractivity contribution < 1.29 is 4.79 Å². The third kappa shape index (κ3) is 3.34. The van der Waals surface area contributed by atoms with E-state index in [1.165, 1.54) is 20.9 Å². The normalized spacial score (nSPS) is 17.3. The van der Waals surface area contributed by atoms with E-state index >= 15 is 0 Å². The first kappa shape index (κ1) is 14.3. The Morgan fingerprint density at radius 2 is 2.00 bits per heavy atom. The molecule has 1 aliphatic rings. The number of carbonyl (C=O) groups is 1. The highest BCUT2D eigenvalue weighted by Gasteiger charge is 2.23. The van der Waals surface area contributed by atoms with Crippen LogP contribution in [0.4, 0.5) is 0 Å². The van der Waals surface area contributed by atoms with Crippen molar-refractivity contribution in [3.8, 4) is 0 Å². The van der Waals surface area contributed by atoms with Crippen LogP contribution in [0, 0.1) is 0 Å². The zero-order valence-electron chi connectivity index (χ0n) is 12.2. The predicted octanol–water partition coefficient (Wildman–Crippen LogP) is 2.64. The van der Waals surface area contributed by atoms with E-state index in [-0.39, 0.29) is 11.9 Å². The van der Waals surface area contributed by atoms with Gasteiger partial charge in [0.2, 0.25) is 5.91 Å². The van der Waals surface area contributed by atoms with Crippen LogP contribution in [0.3, 0.4) is 0 Å². The monoisotopic (exact) mass is 300 g/mol. The minimum absolute atomic E-state index is 0.0935. The Morgan fingerprint density at radius 1 is 1.24 bits per heavy atom. The fraction of sp³-hybridized carbons (Fsp3) is 0.353. The third-order valence-corrected chi connectivity index (χ3v) is 5.13. The molecule has 110 valence electrons. The van der Waals surface area contributed by atoms with Gasteiger partial charge in [0, 0.05) is 16.3 Å². The van der Waals surface area contributed by atoms with Gasteiger partial charge in [0.15, 0.2) is 0 Å². The van der Waals surface area contributed by atoms with Gasteiger partial charge < -0.3 is 10.6 Å². The fourth-order valence-electron chi connectivity index (χ4n) is 2.64. The number of hydrogen-bond donors (Lipinski definition) is 2. The van der Waals surface area contributed by atoms with Gasteiger partial charge in [-0.3, -0.25) is 4.79 Å². The Hall–Kier alpha value is -1.65. The summed E-state index contributed by atoms with van der Waals surface area (Å²) in [4.78, 5) is 14.9. The average Bonchev–Trinajstić information content (AvgIpc) is 3.00. The molecule has 3 rings (SSSR count). The molecule has 3 nitrogen and oxygen atoms in total. The maximum Gasteiger partial charge on any atom is 0.237 e. The topological polar surface area (TPSA) is 41.1 Å². The maximum atomic E-state index is 12.3. The number of thiophene rings is 1. The molecule has 2 aromatic rings. The average molecular weight is 300 g/mol. The third-order valence-electron chi connectivity index (χ3n) is 3.90. The summed E-state index contributed by atoms with van der Waals surface area (Å²) in [6.45, 7) is 3.55. The molecule has 2 N–H and O–H groups in total. The maximum absolute atomic E-state index is 12.3. The van der Waals surface area contributed by atoms with Gasteiger partial charge in [0.05, 0.1) is 12.6 Å². The van der Waals surface area contributed by atoms with Crippen LogP contribution in [0.2, 0.25) is 0 Å². The molecule has 1 atom stereocenters. The highest BCUT2D eigenvalue weighted by Crippen LogP contribution is 2.18. The van der Waals surface area contributed by atoms with Gasteiger partial charge in [-0.25, -0.2) is 0 Å². The van der Waals surface area contributed by atoms with Crippen LogP contribution in [-0.4, -0.2) is 11.9 Å². The van der Waals surface area contributed by atoms with Crippen LogP contribution in [-0.2, 0) is 30.7 Å². The van der Waals surface area contributed by atoms with Gasteiger partial charge >= 0.3 is 0 Å². The number of fused-ring (bicyclic) bond motifs is 1. The molecule has 1 aliphatic heterocycles. The number of aryl methyl sites for hydroxylation is 1. The van der Waals surface area contributed by atoms with Gasteiger partial charge in [0.1, 0.15) is 0 Å². The van der Waals surface area contributed by atoms with Gasteiger partial charge in [-0.05, 0) is 36.1 Å². The van der Waals surface area contributed by atoms with Gasteiger partial charge in [0.25, 0.3) is 0 Å². The molecule has 0 saturated heterocycles. The molecule has 0 fully saturated rings. The van der Waals surface area contributed by atoms with E-state index in [2.05, 4.69) is 41.8 Å². The SMILES string of the molecule is CCc1ccc(CNC(=O)[C@@H]2Cc3ccccc3CN2)s1. The van der Waals surface area contributed by atoms with Crippen molar-refractivity contribution in [2.45, 2.75) is 38.9 Å². The van der Waals surface area contributed by atoms with E-state index in [9.17, 15) is 4.79 Å². The zero-order valence-corrected chi connectivity index (χ0v) is 13.0. The molecule has 1 aromatic carbocycles. The molecule has 0 unspecified atom stereocenters. The summed E-state index contributed by atoms with van der Waals surface area (Å²) in [6, 6.07) is 12.4. The summed E-state index contributed by atoms with van der Waals surface area (Å²) >= 11 is 1.77. The number of rotatable bonds is 4. The fourth-order valence-corrected chi connectivity index (χ4v) is 3.54. The summed E-state index contributed by atoms with van der Waals surface area (Å²) in [6.07, 6.45) is 1.83. The van der Waals surface area contributed by atoms with Crippen molar-refractivity contribution in [2.24, 2.45) is 0 Å². The number of nitrogens with one attached hydrogen (secondary N) is 2. The van der Waals surface area contributed by atoms with Crippen LogP contribution < -0.4 is 10.6 Å². The molecule has 0 aliphatic carbocycles. The van der Waals surface area contributed by atoms with Crippen LogP contribution in [0.5, 0.6) is 0 Å². The van der Waals surface area contributed by atoms with E-state index in [4.69, 9.17) is 0 Å². The van der Waals surface area contributed by atoms with Crippen LogP contribution >= 0.6 is 11.3 Å². The number of benzene rings is 1. The smallest absolute Gasteiger partial charge is 0.237 e. The molecule has 0 spiro atoms. The number of hydrogen-bond acceptors (Lipinski definition) is 3. The summed E-state index contributed by atoms with van der Waals surface area (Å²) in [5.41, 5.74) is 2.58. The van der Waals surface area contributed by atoms with Crippen LogP contribution in [0.1, 0.15) is 27.8 Å². The lowest BCUT2D eigenvalue weighted by Crippen LogP contribution is -2.47. The van der Waals surface area contributed by atoms with Crippen LogP contribution in [0.15, 0.2) is 36.4 Å². The van der Waals surface area contributed by atoms with Crippen molar-refractivity contribution in [3.63, 3.8) is 0 Å². The second kappa shape index (κ2) is 6.41. The van der Waals surface area contributed by atoms with E-state index in [1.54, 1.807) is 11.3 Å². The molecule has 4 heteroatoms. The second-order valence-electron chi connectivity index (χ2n) is 5.35. The summed E-state index contributed by atoms with van der Waals surface area (Å²) < 4.78 is 0. The Morgan fingerprint density at radius 3 is 2.76 bits per heavy atom.